The molecule has 0 amide bonds. The molecule has 0 fully saturated rings. The van der Waals surface area contributed by atoms with Gasteiger partial charge in [-0.2, -0.15) is 5.10 Å². The van der Waals surface area contributed by atoms with E-state index in [0.29, 0.717) is 5.82 Å². The Morgan fingerprint density at radius 3 is 2.57 bits per heavy atom. The lowest BCUT2D eigenvalue weighted by molar-refractivity contribution is 1.10. The normalized spacial score (nSPS) is 10.8. The van der Waals surface area contributed by atoms with Crippen molar-refractivity contribution >= 4 is 37.7 Å². The molecule has 0 saturated heterocycles. The van der Waals surface area contributed by atoms with Crippen molar-refractivity contribution in [1.82, 2.24) is 10.2 Å². The number of benzene rings is 2. The highest BCUT2D eigenvalue weighted by Crippen LogP contribution is 2.37. The van der Waals surface area contributed by atoms with Gasteiger partial charge in [-0.15, -0.1) is 0 Å². The number of anilines is 1. The number of halogens is 2. The molecular formula is C16H13Br2N3. The van der Waals surface area contributed by atoms with Gasteiger partial charge in [0.25, 0.3) is 0 Å². The number of nitrogen functional groups attached to an aromatic ring is 1. The summed E-state index contributed by atoms with van der Waals surface area (Å²) in [4.78, 5) is 0. The molecule has 1 heterocycles. The first-order valence-electron chi connectivity index (χ1n) is 6.42. The summed E-state index contributed by atoms with van der Waals surface area (Å²) >= 11 is 7.02. The van der Waals surface area contributed by atoms with E-state index in [1.54, 1.807) is 0 Å². The van der Waals surface area contributed by atoms with Crippen molar-refractivity contribution in [3.05, 3.63) is 57.0 Å². The predicted octanol–water partition coefficient (Wildman–Crippen LogP) is 5.16. The third-order valence-electron chi connectivity index (χ3n) is 3.38. The van der Waals surface area contributed by atoms with E-state index in [-0.39, 0.29) is 0 Å². The number of aromatic amines is 1. The smallest absolute Gasteiger partial charge is 0.153 e. The fourth-order valence-corrected chi connectivity index (χ4v) is 3.11. The first-order chi connectivity index (χ1) is 10.1. The number of hydrogen-bond donors (Lipinski definition) is 2. The third-order valence-corrected chi connectivity index (χ3v) is 4.36. The van der Waals surface area contributed by atoms with Gasteiger partial charge in [-0.25, -0.2) is 0 Å². The van der Waals surface area contributed by atoms with Crippen molar-refractivity contribution in [3.63, 3.8) is 0 Å². The zero-order valence-electron chi connectivity index (χ0n) is 11.3. The Hall–Kier alpha value is -1.59. The average molecular weight is 407 g/mol. The second-order valence-electron chi connectivity index (χ2n) is 4.83. The molecule has 5 heteroatoms. The fraction of sp³-hybridized carbons (Fsp3) is 0.0625. The standard InChI is InChI=1S/C16H13Br2N3/c1-9-5-6-12(18)8-13(9)15-14(16(19)21-20-15)10-3-2-4-11(17)7-10/h2-8H,1H3,(H3,19,20,21). The summed E-state index contributed by atoms with van der Waals surface area (Å²) in [5.41, 5.74) is 11.2. The van der Waals surface area contributed by atoms with Crippen molar-refractivity contribution in [1.29, 1.82) is 0 Å². The molecule has 0 radical (unpaired) electrons. The van der Waals surface area contributed by atoms with Gasteiger partial charge in [0.15, 0.2) is 5.82 Å². The fourth-order valence-electron chi connectivity index (χ4n) is 2.35. The summed E-state index contributed by atoms with van der Waals surface area (Å²) < 4.78 is 2.04. The highest BCUT2D eigenvalue weighted by atomic mass is 79.9. The number of aryl methyl sites for hydroxylation is 1. The topological polar surface area (TPSA) is 54.7 Å². The maximum absolute atomic E-state index is 6.08. The second kappa shape index (κ2) is 5.66. The molecule has 106 valence electrons. The van der Waals surface area contributed by atoms with Gasteiger partial charge in [-0.3, -0.25) is 5.10 Å². The van der Waals surface area contributed by atoms with E-state index in [1.165, 1.54) is 0 Å². The Kier molecular flexibility index (Phi) is 3.87. The molecule has 0 bridgehead atoms. The minimum Gasteiger partial charge on any atom is -0.382 e. The van der Waals surface area contributed by atoms with Crippen LogP contribution < -0.4 is 5.73 Å². The molecule has 3 nitrogen and oxygen atoms in total. The molecule has 0 aliphatic rings. The van der Waals surface area contributed by atoms with E-state index in [9.17, 15) is 0 Å². The van der Waals surface area contributed by atoms with Gasteiger partial charge >= 0.3 is 0 Å². The van der Waals surface area contributed by atoms with Crippen LogP contribution in [0.4, 0.5) is 5.82 Å². The molecule has 3 N–H and O–H groups in total. The van der Waals surface area contributed by atoms with Gasteiger partial charge < -0.3 is 5.73 Å². The molecule has 0 atom stereocenters. The molecule has 1 aromatic heterocycles. The van der Waals surface area contributed by atoms with Gasteiger partial charge in [0.05, 0.1) is 11.3 Å². The quantitative estimate of drug-likeness (QED) is 0.617. The summed E-state index contributed by atoms with van der Waals surface area (Å²) in [5.74, 6) is 0.502. The zero-order chi connectivity index (χ0) is 15.0. The van der Waals surface area contributed by atoms with Crippen molar-refractivity contribution in [3.8, 4) is 22.4 Å². The molecule has 2 aromatic carbocycles. The van der Waals surface area contributed by atoms with E-state index < -0.39 is 0 Å². The van der Waals surface area contributed by atoms with E-state index >= 15 is 0 Å². The molecule has 0 spiro atoms. The van der Waals surface area contributed by atoms with Crippen LogP contribution in [-0.2, 0) is 0 Å². The maximum atomic E-state index is 6.08. The van der Waals surface area contributed by atoms with Crippen LogP contribution in [-0.4, -0.2) is 10.2 Å². The lowest BCUT2D eigenvalue weighted by atomic mass is 9.98. The van der Waals surface area contributed by atoms with Crippen LogP contribution in [0.25, 0.3) is 22.4 Å². The molecule has 0 aliphatic heterocycles. The lowest BCUT2D eigenvalue weighted by Crippen LogP contribution is -1.90. The molecule has 3 aromatic rings. The molecule has 0 unspecified atom stereocenters. The predicted molar refractivity (Wildman–Crippen MR) is 94.0 cm³/mol. The van der Waals surface area contributed by atoms with Crippen LogP contribution in [0.1, 0.15) is 5.56 Å². The van der Waals surface area contributed by atoms with Gasteiger partial charge in [0.2, 0.25) is 0 Å². The highest BCUT2D eigenvalue weighted by Gasteiger charge is 2.16. The molecule has 21 heavy (non-hydrogen) atoms. The van der Waals surface area contributed by atoms with Crippen LogP contribution >= 0.6 is 31.9 Å². The Bertz CT molecular complexity index is 809. The van der Waals surface area contributed by atoms with Crippen molar-refractivity contribution in [2.45, 2.75) is 6.92 Å². The number of hydrogen-bond acceptors (Lipinski definition) is 2. The van der Waals surface area contributed by atoms with E-state index in [1.807, 2.05) is 30.3 Å². The van der Waals surface area contributed by atoms with Gasteiger partial charge in [-0.1, -0.05) is 50.1 Å². The van der Waals surface area contributed by atoms with Crippen LogP contribution in [0.3, 0.4) is 0 Å². The van der Waals surface area contributed by atoms with E-state index in [4.69, 9.17) is 5.73 Å². The summed E-state index contributed by atoms with van der Waals surface area (Å²) in [6.07, 6.45) is 0. The van der Waals surface area contributed by atoms with Crippen molar-refractivity contribution in [2.75, 3.05) is 5.73 Å². The van der Waals surface area contributed by atoms with E-state index in [2.05, 4.69) is 61.1 Å². The SMILES string of the molecule is Cc1ccc(Br)cc1-c1[nH]nc(N)c1-c1cccc(Br)c1. The van der Waals surface area contributed by atoms with Crippen molar-refractivity contribution < 1.29 is 0 Å². The van der Waals surface area contributed by atoms with Gasteiger partial charge in [0, 0.05) is 14.5 Å². The van der Waals surface area contributed by atoms with Crippen LogP contribution in [0.2, 0.25) is 0 Å². The number of rotatable bonds is 2. The van der Waals surface area contributed by atoms with Gasteiger partial charge in [-0.05, 0) is 42.3 Å². The molecule has 3 rings (SSSR count). The third kappa shape index (κ3) is 2.76. The Labute approximate surface area is 139 Å². The van der Waals surface area contributed by atoms with Crippen LogP contribution in [0, 0.1) is 6.92 Å². The minimum absolute atomic E-state index is 0.502. The number of nitrogens with zero attached hydrogens (tertiary/aromatic N) is 1. The minimum atomic E-state index is 0.502. The number of nitrogens with one attached hydrogen (secondary N) is 1. The molecule has 0 aliphatic carbocycles. The van der Waals surface area contributed by atoms with E-state index in [0.717, 1.165) is 36.9 Å². The summed E-state index contributed by atoms with van der Waals surface area (Å²) in [6.45, 7) is 2.07. The molecule has 0 saturated carbocycles. The van der Waals surface area contributed by atoms with Crippen LogP contribution in [0.5, 0.6) is 0 Å². The van der Waals surface area contributed by atoms with Crippen LogP contribution in [0.15, 0.2) is 51.4 Å². The largest absolute Gasteiger partial charge is 0.382 e. The number of aromatic nitrogens is 2. The first-order valence-corrected chi connectivity index (χ1v) is 8.01. The average Bonchev–Trinajstić information content (AvgIpc) is 2.83. The molecular weight excluding hydrogens is 394 g/mol. The summed E-state index contributed by atoms with van der Waals surface area (Å²) in [5, 5.41) is 7.26. The number of nitrogens with two attached hydrogens (primary N) is 1. The Morgan fingerprint density at radius 2 is 1.81 bits per heavy atom. The maximum Gasteiger partial charge on any atom is 0.153 e. The zero-order valence-corrected chi connectivity index (χ0v) is 14.5. The second-order valence-corrected chi connectivity index (χ2v) is 6.66. The first kappa shape index (κ1) is 14.4. The summed E-state index contributed by atoms with van der Waals surface area (Å²) in [7, 11) is 0. The van der Waals surface area contributed by atoms with Gasteiger partial charge in [0.1, 0.15) is 0 Å². The van der Waals surface area contributed by atoms with Crippen molar-refractivity contribution in [2.24, 2.45) is 0 Å². The summed E-state index contributed by atoms with van der Waals surface area (Å²) in [6, 6.07) is 14.2. The monoisotopic (exact) mass is 405 g/mol. The number of H-pyrrole nitrogens is 1. The lowest BCUT2D eigenvalue weighted by Gasteiger charge is -2.08. The Balaban J connectivity index is 2.24. The highest BCUT2D eigenvalue weighted by molar-refractivity contribution is 9.10. The Morgan fingerprint density at radius 1 is 1.05 bits per heavy atom.